The van der Waals surface area contributed by atoms with E-state index < -0.39 is 0 Å². The Kier molecular flexibility index (Phi) is 5.80. The second-order valence-corrected chi connectivity index (χ2v) is 6.32. The SMILES string of the molecule is CCNC(Cc1ccc(F)cc1Cl)c1ccc(Br)c(C)c1. The smallest absolute Gasteiger partial charge is 0.124 e. The molecule has 0 aliphatic carbocycles. The third-order valence-corrected chi connectivity index (χ3v) is 4.72. The fourth-order valence-electron chi connectivity index (χ4n) is 2.35. The van der Waals surface area contributed by atoms with E-state index in [1.54, 1.807) is 6.07 Å². The Balaban J connectivity index is 2.28. The van der Waals surface area contributed by atoms with Crippen LogP contribution in [-0.4, -0.2) is 6.54 Å². The molecule has 1 atom stereocenters. The molecule has 2 rings (SSSR count). The molecule has 0 radical (unpaired) electrons. The van der Waals surface area contributed by atoms with Crippen LogP contribution in [0.5, 0.6) is 0 Å². The van der Waals surface area contributed by atoms with Gasteiger partial charge in [-0.1, -0.05) is 52.7 Å². The van der Waals surface area contributed by atoms with Crippen LogP contribution in [0.2, 0.25) is 5.02 Å². The van der Waals surface area contributed by atoms with Gasteiger partial charge in [-0.05, 0) is 54.8 Å². The van der Waals surface area contributed by atoms with E-state index in [4.69, 9.17) is 11.6 Å². The van der Waals surface area contributed by atoms with Crippen LogP contribution in [0, 0.1) is 12.7 Å². The number of hydrogen-bond donors (Lipinski definition) is 1. The van der Waals surface area contributed by atoms with Crippen LogP contribution in [0.4, 0.5) is 4.39 Å². The van der Waals surface area contributed by atoms with Crippen molar-refractivity contribution >= 4 is 27.5 Å². The Labute approximate surface area is 138 Å². The van der Waals surface area contributed by atoms with Crippen LogP contribution in [0.25, 0.3) is 0 Å². The highest BCUT2D eigenvalue weighted by atomic mass is 79.9. The Bertz CT molecular complexity index is 630. The summed E-state index contributed by atoms with van der Waals surface area (Å²) in [6, 6.07) is 11.1. The van der Waals surface area contributed by atoms with Gasteiger partial charge >= 0.3 is 0 Å². The molecule has 4 heteroatoms. The monoisotopic (exact) mass is 369 g/mol. The number of hydrogen-bond acceptors (Lipinski definition) is 1. The van der Waals surface area contributed by atoms with E-state index in [0.717, 1.165) is 23.0 Å². The first kappa shape index (κ1) is 16.5. The maximum absolute atomic E-state index is 13.1. The van der Waals surface area contributed by atoms with E-state index in [0.29, 0.717) is 5.02 Å². The van der Waals surface area contributed by atoms with Crippen LogP contribution in [0.1, 0.15) is 29.7 Å². The summed E-state index contributed by atoms with van der Waals surface area (Å²) in [7, 11) is 0. The van der Waals surface area contributed by atoms with Gasteiger partial charge < -0.3 is 5.32 Å². The van der Waals surface area contributed by atoms with Gasteiger partial charge in [0, 0.05) is 15.5 Å². The van der Waals surface area contributed by atoms with Gasteiger partial charge in [0.1, 0.15) is 5.82 Å². The van der Waals surface area contributed by atoms with Crippen LogP contribution in [0.15, 0.2) is 40.9 Å². The Morgan fingerprint density at radius 1 is 1.24 bits per heavy atom. The summed E-state index contributed by atoms with van der Waals surface area (Å²) in [5, 5.41) is 3.95. The fourth-order valence-corrected chi connectivity index (χ4v) is 2.84. The van der Waals surface area contributed by atoms with Gasteiger partial charge in [0.2, 0.25) is 0 Å². The number of aryl methyl sites for hydroxylation is 1. The molecular weight excluding hydrogens is 353 g/mol. The highest BCUT2D eigenvalue weighted by molar-refractivity contribution is 9.10. The second-order valence-electron chi connectivity index (χ2n) is 5.06. The molecule has 0 fully saturated rings. The molecule has 2 aromatic carbocycles. The predicted octanol–water partition coefficient (Wildman–Crippen LogP) is 5.44. The van der Waals surface area contributed by atoms with Crippen molar-refractivity contribution in [3.05, 3.63) is 68.4 Å². The number of nitrogens with one attached hydrogen (secondary N) is 1. The molecule has 0 aromatic heterocycles. The minimum atomic E-state index is -0.303. The molecule has 0 amide bonds. The first-order chi connectivity index (χ1) is 10.0. The summed E-state index contributed by atoms with van der Waals surface area (Å²) in [5.74, 6) is -0.303. The molecule has 2 aromatic rings. The normalized spacial score (nSPS) is 12.4. The van der Waals surface area contributed by atoms with Gasteiger partial charge in [-0.15, -0.1) is 0 Å². The second kappa shape index (κ2) is 7.39. The maximum Gasteiger partial charge on any atom is 0.124 e. The van der Waals surface area contributed by atoms with Crippen molar-refractivity contribution in [2.75, 3.05) is 6.54 Å². The third-order valence-electron chi connectivity index (χ3n) is 3.47. The summed E-state index contributed by atoms with van der Waals surface area (Å²) in [4.78, 5) is 0. The van der Waals surface area contributed by atoms with Crippen LogP contribution in [0.3, 0.4) is 0 Å². The van der Waals surface area contributed by atoms with Crippen LogP contribution < -0.4 is 5.32 Å². The lowest BCUT2D eigenvalue weighted by atomic mass is 9.97. The molecule has 0 heterocycles. The van der Waals surface area contributed by atoms with Crippen molar-refractivity contribution in [2.24, 2.45) is 0 Å². The van der Waals surface area contributed by atoms with E-state index in [9.17, 15) is 4.39 Å². The van der Waals surface area contributed by atoms with Gasteiger partial charge in [-0.2, -0.15) is 0 Å². The summed E-state index contributed by atoms with van der Waals surface area (Å²) in [5.41, 5.74) is 3.35. The molecule has 1 nitrogen and oxygen atoms in total. The summed E-state index contributed by atoms with van der Waals surface area (Å²) in [6.07, 6.45) is 0.730. The summed E-state index contributed by atoms with van der Waals surface area (Å²) in [6.45, 7) is 5.00. The summed E-state index contributed by atoms with van der Waals surface area (Å²) < 4.78 is 14.2. The van der Waals surface area contributed by atoms with Gasteiger partial charge in [-0.3, -0.25) is 0 Å². The largest absolute Gasteiger partial charge is 0.310 e. The lowest BCUT2D eigenvalue weighted by Crippen LogP contribution is -2.23. The van der Waals surface area contributed by atoms with Crippen LogP contribution in [-0.2, 0) is 6.42 Å². The van der Waals surface area contributed by atoms with Gasteiger partial charge in [0.25, 0.3) is 0 Å². The quantitative estimate of drug-likeness (QED) is 0.738. The third kappa shape index (κ3) is 4.29. The van der Waals surface area contributed by atoms with E-state index in [1.807, 2.05) is 0 Å². The fraction of sp³-hybridized carbons (Fsp3) is 0.294. The van der Waals surface area contributed by atoms with Crippen molar-refractivity contribution in [1.29, 1.82) is 0 Å². The van der Waals surface area contributed by atoms with Crippen molar-refractivity contribution in [3.8, 4) is 0 Å². The van der Waals surface area contributed by atoms with Crippen molar-refractivity contribution in [2.45, 2.75) is 26.3 Å². The molecule has 0 bridgehead atoms. The number of rotatable bonds is 5. The first-order valence-electron chi connectivity index (χ1n) is 6.94. The van der Waals surface area contributed by atoms with Crippen LogP contribution >= 0.6 is 27.5 Å². The average molecular weight is 371 g/mol. The molecule has 0 saturated heterocycles. The van der Waals surface area contributed by atoms with E-state index >= 15 is 0 Å². The van der Waals surface area contributed by atoms with Gasteiger partial charge in [-0.25, -0.2) is 4.39 Å². The van der Waals surface area contributed by atoms with Gasteiger partial charge in [0.05, 0.1) is 0 Å². The molecule has 0 saturated carbocycles. The Morgan fingerprint density at radius 3 is 2.62 bits per heavy atom. The van der Waals surface area contributed by atoms with E-state index in [1.165, 1.54) is 23.3 Å². The molecular formula is C17H18BrClFN. The van der Waals surface area contributed by atoms with Crippen molar-refractivity contribution < 1.29 is 4.39 Å². The van der Waals surface area contributed by atoms with Crippen molar-refractivity contribution in [1.82, 2.24) is 5.32 Å². The number of likely N-dealkylation sites (N-methyl/N-ethyl adjacent to an activating group) is 1. The predicted molar refractivity (Wildman–Crippen MR) is 90.4 cm³/mol. The molecule has 0 aliphatic rings. The zero-order valence-electron chi connectivity index (χ0n) is 12.1. The minimum absolute atomic E-state index is 0.157. The van der Waals surface area contributed by atoms with E-state index in [2.05, 4.69) is 53.3 Å². The Hall–Kier alpha value is -0.900. The Morgan fingerprint density at radius 2 is 2.00 bits per heavy atom. The van der Waals surface area contributed by atoms with Crippen molar-refractivity contribution in [3.63, 3.8) is 0 Å². The number of halogens is 3. The average Bonchev–Trinajstić information content (AvgIpc) is 2.44. The lowest BCUT2D eigenvalue weighted by molar-refractivity contribution is 0.548. The van der Waals surface area contributed by atoms with Gasteiger partial charge in [0.15, 0.2) is 0 Å². The molecule has 0 spiro atoms. The highest BCUT2D eigenvalue weighted by Crippen LogP contribution is 2.27. The molecule has 0 aliphatic heterocycles. The molecule has 112 valence electrons. The lowest BCUT2D eigenvalue weighted by Gasteiger charge is -2.20. The highest BCUT2D eigenvalue weighted by Gasteiger charge is 2.14. The zero-order chi connectivity index (χ0) is 15.4. The number of benzene rings is 2. The minimum Gasteiger partial charge on any atom is -0.310 e. The molecule has 21 heavy (non-hydrogen) atoms. The summed E-state index contributed by atoms with van der Waals surface area (Å²) >= 11 is 9.66. The maximum atomic E-state index is 13.1. The topological polar surface area (TPSA) is 12.0 Å². The molecule has 1 unspecified atom stereocenters. The zero-order valence-corrected chi connectivity index (χ0v) is 14.4. The molecule has 1 N–H and O–H groups in total. The standard InChI is InChI=1S/C17H18BrClFN/c1-3-21-17(13-5-7-15(18)11(2)8-13)9-12-4-6-14(20)10-16(12)19/h4-8,10,17,21H,3,9H2,1-2H3. The first-order valence-corrected chi connectivity index (χ1v) is 8.11. The van der Waals surface area contributed by atoms with E-state index in [-0.39, 0.29) is 11.9 Å².